The van der Waals surface area contributed by atoms with Crippen LogP contribution in [0.1, 0.15) is 17.3 Å². The maximum atomic E-state index is 12.4. The highest BCUT2D eigenvalue weighted by Gasteiger charge is 2.25. The normalized spacial score (nSPS) is 10.2. The van der Waals surface area contributed by atoms with Crippen LogP contribution in [0.15, 0.2) is 18.2 Å². The third-order valence-corrected chi connectivity index (χ3v) is 2.74. The van der Waals surface area contributed by atoms with E-state index in [1.807, 2.05) is 0 Å². The molecule has 116 valence electrons. The van der Waals surface area contributed by atoms with Gasteiger partial charge in [-0.05, 0) is 13.0 Å². The minimum Gasteiger partial charge on any atom is -0.487 e. The molecular formula is C13H18N2O6. The molecule has 0 unspecified atom stereocenters. The highest BCUT2D eigenvalue weighted by molar-refractivity contribution is 5.98. The summed E-state index contributed by atoms with van der Waals surface area (Å²) < 4.78 is 5.24. The minimum absolute atomic E-state index is 0.0215. The molecule has 1 rings (SSSR count). The van der Waals surface area contributed by atoms with Gasteiger partial charge in [0.25, 0.3) is 5.91 Å². The molecule has 0 saturated carbocycles. The summed E-state index contributed by atoms with van der Waals surface area (Å²) >= 11 is 0. The SMILES string of the molecule is CCOc1c(C(=O)N(CCO)CCO)cccc1[N+](=O)[O-]. The molecule has 1 aromatic rings. The van der Waals surface area contributed by atoms with E-state index in [4.69, 9.17) is 14.9 Å². The number of carbonyl (C=O) groups is 1. The van der Waals surface area contributed by atoms with Crippen LogP contribution in [0.2, 0.25) is 0 Å². The van der Waals surface area contributed by atoms with Gasteiger partial charge in [-0.25, -0.2) is 0 Å². The molecule has 0 atom stereocenters. The van der Waals surface area contributed by atoms with Crippen LogP contribution >= 0.6 is 0 Å². The van der Waals surface area contributed by atoms with Gasteiger partial charge in [-0.2, -0.15) is 0 Å². The summed E-state index contributed by atoms with van der Waals surface area (Å²) in [5.41, 5.74) is -0.261. The average Bonchev–Trinajstić information content (AvgIpc) is 2.46. The summed E-state index contributed by atoms with van der Waals surface area (Å²) in [5, 5.41) is 28.9. The topological polar surface area (TPSA) is 113 Å². The summed E-state index contributed by atoms with van der Waals surface area (Å²) in [6.45, 7) is 1.33. The predicted octanol–water partition coefficient (Wildman–Crippen LogP) is 0.420. The molecule has 8 heteroatoms. The van der Waals surface area contributed by atoms with Gasteiger partial charge in [-0.3, -0.25) is 14.9 Å². The first-order valence-electron chi connectivity index (χ1n) is 6.48. The van der Waals surface area contributed by atoms with Gasteiger partial charge in [-0.15, -0.1) is 0 Å². The van der Waals surface area contributed by atoms with E-state index in [0.717, 1.165) is 0 Å². The van der Waals surface area contributed by atoms with Crippen molar-refractivity contribution in [3.63, 3.8) is 0 Å². The Morgan fingerprint density at radius 3 is 2.43 bits per heavy atom. The summed E-state index contributed by atoms with van der Waals surface area (Å²) in [6, 6.07) is 4.07. The van der Waals surface area contributed by atoms with Gasteiger partial charge >= 0.3 is 5.69 Å². The lowest BCUT2D eigenvalue weighted by atomic mass is 10.1. The number of nitrogens with zero attached hydrogens (tertiary/aromatic N) is 2. The van der Waals surface area contributed by atoms with Crippen LogP contribution in [0.25, 0.3) is 0 Å². The Morgan fingerprint density at radius 2 is 1.95 bits per heavy atom. The number of rotatable bonds is 8. The van der Waals surface area contributed by atoms with Gasteiger partial charge in [0.15, 0.2) is 0 Å². The van der Waals surface area contributed by atoms with Gasteiger partial charge in [0, 0.05) is 19.2 Å². The average molecular weight is 298 g/mol. The van der Waals surface area contributed by atoms with Crippen LogP contribution in [-0.4, -0.2) is 58.9 Å². The first-order chi connectivity index (χ1) is 10.1. The number of nitro groups is 1. The largest absolute Gasteiger partial charge is 0.487 e. The second-order valence-electron chi connectivity index (χ2n) is 4.08. The second-order valence-corrected chi connectivity index (χ2v) is 4.08. The van der Waals surface area contributed by atoms with Crippen LogP contribution in [-0.2, 0) is 0 Å². The number of amides is 1. The van der Waals surface area contributed by atoms with Crippen molar-refractivity contribution in [1.82, 2.24) is 4.90 Å². The zero-order valence-electron chi connectivity index (χ0n) is 11.7. The molecular weight excluding hydrogens is 280 g/mol. The quantitative estimate of drug-likeness (QED) is 0.531. The Morgan fingerprint density at radius 1 is 1.33 bits per heavy atom. The van der Waals surface area contributed by atoms with Crippen molar-refractivity contribution in [2.75, 3.05) is 32.9 Å². The lowest BCUT2D eigenvalue weighted by Crippen LogP contribution is -2.36. The summed E-state index contributed by atoms with van der Waals surface area (Å²) in [4.78, 5) is 24.0. The standard InChI is InChI=1S/C13H18N2O6/c1-2-21-12-10(4-3-5-11(12)15(19)20)13(18)14(6-8-16)7-9-17/h3-5,16-17H,2,6-9H2,1H3. The van der Waals surface area contributed by atoms with Crippen LogP contribution < -0.4 is 4.74 Å². The van der Waals surface area contributed by atoms with Crippen molar-refractivity contribution in [3.8, 4) is 5.75 Å². The van der Waals surface area contributed by atoms with E-state index in [1.54, 1.807) is 6.92 Å². The smallest absolute Gasteiger partial charge is 0.311 e. The fourth-order valence-corrected chi connectivity index (χ4v) is 1.86. The number of aliphatic hydroxyl groups is 2. The fourth-order valence-electron chi connectivity index (χ4n) is 1.86. The molecule has 0 aliphatic rings. The molecule has 0 heterocycles. The van der Waals surface area contributed by atoms with E-state index in [-0.39, 0.29) is 49.9 Å². The van der Waals surface area contributed by atoms with Crippen molar-refractivity contribution in [2.45, 2.75) is 6.92 Å². The van der Waals surface area contributed by atoms with E-state index in [0.29, 0.717) is 0 Å². The highest BCUT2D eigenvalue weighted by Crippen LogP contribution is 2.31. The lowest BCUT2D eigenvalue weighted by Gasteiger charge is -2.21. The zero-order chi connectivity index (χ0) is 15.8. The summed E-state index contributed by atoms with van der Waals surface area (Å²) in [5.74, 6) is -0.638. The Kier molecular flexibility index (Phi) is 6.57. The van der Waals surface area contributed by atoms with E-state index in [1.165, 1.54) is 23.1 Å². The number of para-hydroxylation sites is 1. The van der Waals surface area contributed by atoms with Gasteiger partial charge in [-0.1, -0.05) is 6.07 Å². The Labute approximate surface area is 121 Å². The molecule has 1 amide bonds. The molecule has 8 nitrogen and oxygen atoms in total. The number of ether oxygens (including phenoxy) is 1. The molecule has 1 aromatic carbocycles. The third kappa shape index (κ3) is 4.14. The number of benzene rings is 1. The van der Waals surface area contributed by atoms with Gasteiger partial charge in [0.05, 0.1) is 30.3 Å². The molecule has 0 spiro atoms. The first-order valence-corrected chi connectivity index (χ1v) is 6.48. The highest BCUT2D eigenvalue weighted by atomic mass is 16.6. The molecule has 0 saturated heterocycles. The lowest BCUT2D eigenvalue weighted by molar-refractivity contribution is -0.385. The van der Waals surface area contributed by atoms with Crippen molar-refractivity contribution >= 4 is 11.6 Å². The van der Waals surface area contributed by atoms with Crippen LogP contribution in [0.3, 0.4) is 0 Å². The van der Waals surface area contributed by atoms with Crippen molar-refractivity contribution in [2.24, 2.45) is 0 Å². The summed E-state index contributed by atoms with van der Waals surface area (Å²) in [6.07, 6.45) is 0. The van der Waals surface area contributed by atoms with E-state index >= 15 is 0 Å². The maximum absolute atomic E-state index is 12.4. The van der Waals surface area contributed by atoms with Gasteiger partial charge in [0.1, 0.15) is 0 Å². The molecule has 2 N–H and O–H groups in total. The molecule has 0 aromatic heterocycles. The third-order valence-electron chi connectivity index (χ3n) is 2.74. The van der Waals surface area contributed by atoms with Crippen molar-refractivity contribution in [3.05, 3.63) is 33.9 Å². The Bertz CT molecular complexity index is 499. The number of nitro benzene ring substituents is 1. The Balaban J connectivity index is 3.23. The number of hydrogen-bond acceptors (Lipinski definition) is 6. The first kappa shape index (κ1) is 16.9. The number of aliphatic hydroxyl groups excluding tert-OH is 2. The van der Waals surface area contributed by atoms with Crippen molar-refractivity contribution in [1.29, 1.82) is 0 Å². The molecule has 0 aliphatic carbocycles. The van der Waals surface area contributed by atoms with E-state index in [2.05, 4.69) is 0 Å². The van der Waals surface area contributed by atoms with E-state index < -0.39 is 10.8 Å². The predicted molar refractivity (Wildman–Crippen MR) is 74.3 cm³/mol. The van der Waals surface area contributed by atoms with Crippen molar-refractivity contribution < 1.29 is 24.7 Å². The Hall–Kier alpha value is -2.19. The van der Waals surface area contributed by atoms with Crippen LogP contribution in [0.5, 0.6) is 5.75 Å². The van der Waals surface area contributed by atoms with Gasteiger partial charge in [0.2, 0.25) is 5.75 Å². The molecule has 0 radical (unpaired) electrons. The second kappa shape index (κ2) is 8.18. The number of carbonyl (C=O) groups excluding carboxylic acids is 1. The fraction of sp³-hybridized carbons (Fsp3) is 0.462. The van der Waals surface area contributed by atoms with Gasteiger partial charge < -0.3 is 19.8 Å². The monoisotopic (exact) mass is 298 g/mol. The van der Waals surface area contributed by atoms with Crippen LogP contribution in [0.4, 0.5) is 5.69 Å². The minimum atomic E-state index is -0.621. The summed E-state index contributed by atoms with van der Waals surface area (Å²) in [7, 11) is 0. The molecule has 0 bridgehead atoms. The number of hydrogen-bond donors (Lipinski definition) is 2. The maximum Gasteiger partial charge on any atom is 0.311 e. The molecule has 0 fully saturated rings. The molecule has 21 heavy (non-hydrogen) atoms. The zero-order valence-corrected chi connectivity index (χ0v) is 11.7. The molecule has 0 aliphatic heterocycles. The van der Waals surface area contributed by atoms with Crippen LogP contribution in [0, 0.1) is 10.1 Å². The van der Waals surface area contributed by atoms with E-state index in [9.17, 15) is 14.9 Å².